The van der Waals surface area contributed by atoms with Crippen molar-refractivity contribution < 1.29 is 19.4 Å². The topological polar surface area (TPSA) is 60.8 Å². The number of hydrogen-bond donors (Lipinski definition) is 2. The number of hydrogen-bond acceptors (Lipinski definition) is 4. The van der Waals surface area contributed by atoms with E-state index in [9.17, 15) is 19.4 Å². The first kappa shape index (κ1) is 20.5. The standard InChI is InChI=1S/C22H23ClFNO3/c23-20-4-2-1-3-19(20)22(28)10-13-25(14-11-22)12-9-17(15-26)21(27)16-5-7-18(24)8-6-16/h1-8,15,26,28H,9-14H2/b17-15+. The molecule has 0 saturated carbocycles. The predicted molar refractivity (Wildman–Crippen MR) is 107 cm³/mol. The van der Waals surface area contributed by atoms with E-state index in [1.807, 2.05) is 18.2 Å². The molecule has 148 valence electrons. The number of ketones is 1. The van der Waals surface area contributed by atoms with Gasteiger partial charge in [0.15, 0.2) is 5.78 Å². The average molecular weight is 404 g/mol. The Morgan fingerprint density at radius 3 is 2.39 bits per heavy atom. The fourth-order valence-electron chi connectivity index (χ4n) is 3.56. The maximum Gasteiger partial charge on any atom is 0.192 e. The Bertz CT molecular complexity index is 858. The van der Waals surface area contributed by atoms with E-state index in [0.29, 0.717) is 49.5 Å². The summed E-state index contributed by atoms with van der Waals surface area (Å²) in [5.74, 6) is -0.725. The zero-order valence-corrected chi connectivity index (χ0v) is 16.2. The Balaban J connectivity index is 1.56. The number of halogens is 2. The van der Waals surface area contributed by atoms with Gasteiger partial charge in [-0.2, -0.15) is 0 Å². The van der Waals surface area contributed by atoms with Gasteiger partial charge in [0.05, 0.1) is 11.9 Å². The van der Waals surface area contributed by atoms with Crippen LogP contribution in [-0.2, 0) is 5.60 Å². The van der Waals surface area contributed by atoms with Gasteiger partial charge in [-0.3, -0.25) is 4.79 Å². The second kappa shape index (κ2) is 8.86. The van der Waals surface area contributed by atoms with E-state index >= 15 is 0 Å². The highest BCUT2D eigenvalue weighted by atomic mass is 35.5. The molecule has 3 rings (SSSR count). The summed E-state index contributed by atoms with van der Waals surface area (Å²) < 4.78 is 13.0. The van der Waals surface area contributed by atoms with Crippen LogP contribution in [-0.4, -0.2) is 40.5 Å². The molecule has 0 spiro atoms. The van der Waals surface area contributed by atoms with Gasteiger partial charge in [-0.05, 0) is 49.6 Å². The summed E-state index contributed by atoms with van der Waals surface area (Å²) in [6, 6.07) is 12.6. The molecule has 4 nitrogen and oxygen atoms in total. The SMILES string of the molecule is O=C(/C(=C/O)CCN1CCC(O)(c2ccccc2Cl)CC1)c1ccc(F)cc1. The van der Waals surface area contributed by atoms with Crippen LogP contribution in [0.3, 0.4) is 0 Å². The van der Waals surface area contributed by atoms with Gasteiger partial charge in [-0.15, -0.1) is 0 Å². The summed E-state index contributed by atoms with van der Waals surface area (Å²) in [4.78, 5) is 14.6. The molecule has 6 heteroatoms. The molecule has 2 aromatic rings. The molecule has 1 heterocycles. The third-order valence-electron chi connectivity index (χ3n) is 5.31. The summed E-state index contributed by atoms with van der Waals surface area (Å²) in [6.07, 6.45) is 2.29. The second-order valence-electron chi connectivity index (χ2n) is 7.09. The Morgan fingerprint density at radius 2 is 1.79 bits per heavy atom. The first-order valence-electron chi connectivity index (χ1n) is 9.26. The van der Waals surface area contributed by atoms with Gasteiger partial charge in [-0.1, -0.05) is 29.8 Å². The lowest BCUT2D eigenvalue weighted by molar-refractivity contribution is -0.0255. The molecule has 1 aliphatic rings. The highest BCUT2D eigenvalue weighted by molar-refractivity contribution is 6.31. The zero-order valence-electron chi connectivity index (χ0n) is 15.4. The normalized spacial score (nSPS) is 17.5. The van der Waals surface area contributed by atoms with Crippen LogP contribution in [0, 0.1) is 5.82 Å². The minimum atomic E-state index is -0.950. The molecule has 0 aliphatic carbocycles. The molecule has 1 fully saturated rings. The number of carbonyl (C=O) groups is 1. The van der Waals surface area contributed by atoms with Crippen LogP contribution >= 0.6 is 11.6 Å². The number of rotatable bonds is 6. The van der Waals surface area contributed by atoms with E-state index in [2.05, 4.69) is 4.90 Å². The number of piperidine rings is 1. The van der Waals surface area contributed by atoms with Crippen molar-refractivity contribution in [3.05, 3.63) is 82.3 Å². The molecule has 0 unspecified atom stereocenters. The van der Waals surface area contributed by atoms with Crippen molar-refractivity contribution in [3.63, 3.8) is 0 Å². The average Bonchev–Trinajstić information content (AvgIpc) is 2.70. The van der Waals surface area contributed by atoms with Crippen LogP contribution in [0.4, 0.5) is 4.39 Å². The van der Waals surface area contributed by atoms with Gasteiger partial charge in [-0.25, -0.2) is 4.39 Å². The van der Waals surface area contributed by atoms with Crippen molar-refractivity contribution in [2.24, 2.45) is 0 Å². The Morgan fingerprint density at radius 1 is 1.14 bits per heavy atom. The van der Waals surface area contributed by atoms with Gasteiger partial charge in [0.2, 0.25) is 0 Å². The van der Waals surface area contributed by atoms with E-state index < -0.39 is 11.4 Å². The van der Waals surface area contributed by atoms with Crippen molar-refractivity contribution in [2.75, 3.05) is 19.6 Å². The van der Waals surface area contributed by atoms with Gasteiger partial charge in [0.1, 0.15) is 5.82 Å². The summed E-state index contributed by atoms with van der Waals surface area (Å²) in [6.45, 7) is 1.90. The number of nitrogens with zero attached hydrogens (tertiary/aromatic N) is 1. The smallest absolute Gasteiger partial charge is 0.192 e. The van der Waals surface area contributed by atoms with Gasteiger partial charge >= 0.3 is 0 Å². The van der Waals surface area contributed by atoms with Crippen LogP contribution < -0.4 is 0 Å². The lowest BCUT2D eigenvalue weighted by Crippen LogP contribution is -2.43. The van der Waals surface area contributed by atoms with E-state index in [-0.39, 0.29) is 11.4 Å². The molecule has 2 aromatic carbocycles. The largest absolute Gasteiger partial charge is 0.515 e. The molecule has 0 bridgehead atoms. The lowest BCUT2D eigenvalue weighted by Gasteiger charge is -2.39. The van der Waals surface area contributed by atoms with Gasteiger partial charge in [0.25, 0.3) is 0 Å². The number of aliphatic hydroxyl groups excluding tert-OH is 1. The fourth-order valence-corrected chi connectivity index (χ4v) is 3.87. The van der Waals surface area contributed by atoms with Gasteiger partial charge in [0, 0.05) is 41.4 Å². The van der Waals surface area contributed by atoms with Crippen LogP contribution in [0.25, 0.3) is 0 Å². The Labute approximate surface area is 168 Å². The molecule has 0 radical (unpaired) electrons. The predicted octanol–water partition coefficient (Wildman–Crippen LogP) is 4.48. The molecule has 0 aromatic heterocycles. The van der Waals surface area contributed by atoms with Crippen LogP contribution in [0.15, 0.2) is 60.4 Å². The first-order chi connectivity index (χ1) is 13.4. The zero-order chi connectivity index (χ0) is 20.1. The maximum absolute atomic E-state index is 13.0. The molecule has 1 saturated heterocycles. The fraction of sp³-hybridized carbons (Fsp3) is 0.318. The van der Waals surface area contributed by atoms with E-state index in [1.54, 1.807) is 6.07 Å². The Hall–Kier alpha value is -2.21. The highest BCUT2D eigenvalue weighted by Crippen LogP contribution is 2.36. The second-order valence-corrected chi connectivity index (χ2v) is 7.50. The molecule has 0 amide bonds. The number of benzene rings is 2. The van der Waals surface area contributed by atoms with Crippen LogP contribution in [0.2, 0.25) is 5.02 Å². The van der Waals surface area contributed by atoms with Crippen molar-refractivity contribution in [1.82, 2.24) is 4.90 Å². The van der Waals surface area contributed by atoms with E-state index in [0.717, 1.165) is 11.8 Å². The number of likely N-dealkylation sites (tertiary alicyclic amines) is 1. The third kappa shape index (κ3) is 4.61. The van der Waals surface area contributed by atoms with Crippen molar-refractivity contribution >= 4 is 17.4 Å². The quantitative estimate of drug-likeness (QED) is 0.424. The number of aliphatic hydroxyl groups is 2. The van der Waals surface area contributed by atoms with Crippen molar-refractivity contribution in [1.29, 1.82) is 0 Å². The minimum absolute atomic E-state index is 0.276. The summed E-state index contributed by atoms with van der Waals surface area (Å²) >= 11 is 6.24. The Kier molecular flexibility index (Phi) is 6.50. The van der Waals surface area contributed by atoms with Crippen molar-refractivity contribution in [2.45, 2.75) is 24.9 Å². The molecule has 0 atom stereocenters. The summed E-state index contributed by atoms with van der Waals surface area (Å²) in [5.41, 5.74) is 0.416. The third-order valence-corrected chi connectivity index (χ3v) is 5.64. The summed E-state index contributed by atoms with van der Waals surface area (Å²) in [5, 5.41) is 21.0. The molecule has 28 heavy (non-hydrogen) atoms. The molecule has 2 N–H and O–H groups in total. The van der Waals surface area contributed by atoms with Crippen molar-refractivity contribution in [3.8, 4) is 0 Å². The maximum atomic E-state index is 13.0. The lowest BCUT2D eigenvalue weighted by atomic mass is 9.84. The highest BCUT2D eigenvalue weighted by Gasteiger charge is 2.35. The first-order valence-corrected chi connectivity index (χ1v) is 9.64. The van der Waals surface area contributed by atoms with E-state index in [4.69, 9.17) is 11.6 Å². The van der Waals surface area contributed by atoms with Crippen LogP contribution in [0.5, 0.6) is 0 Å². The van der Waals surface area contributed by atoms with Gasteiger partial charge < -0.3 is 15.1 Å². The summed E-state index contributed by atoms with van der Waals surface area (Å²) in [7, 11) is 0. The van der Waals surface area contributed by atoms with Crippen LogP contribution in [0.1, 0.15) is 35.2 Å². The molecular formula is C22H23ClFNO3. The van der Waals surface area contributed by atoms with E-state index in [1.165, 1.54) is 24.3 Å². The monoisotopic (exact) mass is 403 g/mol. The number of Topliss-reactive ketones (excluding diaryl/α,β-unsaturated/α-hetero) is 1. The molecular weight excluding hydrogens is 381 g/mol. The number of carbonyl (C=O) groups excluding carboxylic acids is 1. The minimum Gasteiger partial charge on any atom is -0.515 e. The molecule has 1 aliphatic heterocycles.